The first kappa shape index (κ1) is 15.5. The normalized spacial score (nSPS) is 11.3. The second kappa shape index (κ2) is 6.72. The van der Waals surface area contributed by atoms with Crippen molar-refractivity contribution in [3.63, 3.8) is 0 Å². The van der Waals surface area contributed by atoms with Crippen molar-refractivity contribution in [2.24, 2.45) is 0 Å². The second-order valence-electron chi connectivity index (χ2n) is 4.89. The van der Waals surface area contributed by atoms with Crippen molar-refractivity contribution in [3.8, 4) is 5.75 Å². The summed E-state index contributed by atoms with van der Waals surface area (Å²) in [4.78, 5) is 12.1. The van der Waals surface area contributed by atoms with Gasteiger partial charge in [0.25, 0.3) is 0 Å². The molecule has 0 aliphatic rings. The Hall–Kier alpha value is -1.88. The molecule has 0 saturated carbocycles. The topological polar surface area (TPSA) is 44.1 Å². The number of ether oxygens (including phenoxy) is 1. The van der Waals surface area contributed by atoms with Crippen molar-refractivity contribution < 1.29 is 9.53 Å². The molecular weight excluding hydrogens is 332 g/mol. The molecule has 0 atom stereocenters. The monoisotopic (exact) mass is 348 g/mol. The summed E-state index contributed by atoms with van der Waals surface area (Å²) in [6.45, 7) is 4.04. The summed E-state index contributed by atoms with van der Waals surface area (Å²) in [6, 6.07) is 5.89. The fraction of sp³-hybridized carbons (Fsp3) is 0.250. The molecule has 1 heterocycles. The van der Waals surface area contributed by atoms with Crippen molar-refractivity contribution >= 4 is 27.8 Å². The molecule has 0 aliphatic carbocycles. The van der Waals surface area contributed by atoms with E-state index in [4.69, 9.17) is 4.74 Å². The van der Waals surface area contributed by atoms with Crippen LogP contribution >= 0.6 is 15.9 Å². The third-order valence-corrected chi connectivity index (χ3v) is 3.64. The average molecular weight is 349 g/mol. The van der Waals surface area contributed by atoms with Gasteiger partial charge in [-0.15, -0.1) is 0 Å². The Balaban J connectivity index is 2.12. The van der Waals surface area contributed by atoms with Crippen LogP contribution in [0.2, 0.25) is 0 Å². The minimum absolute atomic E-state index is 0.0613. The molecule has 21 heavy (non-hydrogen) atoms. The van der Waals surface area contributed by atoms with E-state index in [1.165, 1.54) is 0 Å². The zero-order valence-electron chi connectivity index (χ0n) is 12.2. The zero-order valence-corrected chi connectivity index (χ0v) is 13.8. The van der Waals surface area contributed by atoms with Gasteiger partial charge in [-0.25, -0.2) is 0 Å². The molecule has 0 N–H and O–H groups in total. The number of halogens is 1. The molecule has 5 heteroatoms. The SMILES string of the molecule is COc1ccc(C=CC(=O)c2cnn(C(C)C)c2)cc1Br. The van der Waals surface area contributed by atoms with Crippen molar-refractivity contribution in [1.29, 1.82) is 0 Å². The lowest BCUT2D eigenvalue weighted by Crippen LogP contribution is -2.00. The van der Waals surface area contributed by atoms with E-state index < -0.39 is 0 Å². The van der Waals surface area contributed by atoms with E-state index in [9.17, 15) is 4.79 Å². The molecule has 0 fully saturated rings. The molecule has 0 unspecified atom stereocenters. The Bertz CT molecular complexity index is 675. The summed E-state index contributed by atoms with van der Waals surface area (Å²) in [5.74, 6) is 0.700. The van der Waals surface area contributed by atoms with E-state index in [0.29, 0.717) is 5.56 Å². The molecule has 0 amide bonds. The average Bonchev–Trinajstić information content (AvgIpc) is 2.95. The zero-order chi connectivity index (χ0) is 15.4. The van der Waals surface area contributed by atoms with Gasteiger partial charge >= 0.3 is 0 Å². The van der Waals surface area contributed by atoms with Crippen LogP contribution in [-0.2, 0) is 0 Å². The highest BCUT2D eigenvalue weighted by molar-refractivity contribution is 9.10. The number of allylic oxidation sites excluding steroid dienone is 1. The van der Waals surface area contributed by atoms with Crippen molar-refractivity contribution in [2.75, 3.05) is 7.11 Å². The number of benzene rings is 1. The summed E-state index contributed by atoms with van der Waals surface area (Å²) >= 11 is 3.42. The van der Waals surface area contributed by atoms with Gasteiger partial charge in [-0.1, -0.05) is 12.1 Å². The summed E-state index contributed by atoms with van der Waals surface area (Å²) < 4.78 is 7.79. The predicted molar refractivity (Wildman–Crippen MR) is 86.7 cm³/mol. The molecule has 110 valence electrons. The molecule has 0 spiro atoms. The van der Waals surface area contributed by atoms with Crippen LogP contribution in [0.1, 0.15) is 35.8 Å². The Kier molecular flexibility index (Phi) is 4.96. The number of nitrogens with zero attached hydrogens (tertiary/aromatic N) is 2. The first-order chi connectivity index (χ1) is 10.0. The Morgan fingerprint density at radius 3 is 2.76 bits per heavy atom. The van der Waals surface area contributed by atoms with E-state index in [-0.39, 0.29) is 11.8 Å². The Morgan fingerprint density at radius 1 is 1.43 bits per heavy atom. The molecular formula is C16H17BrN2O2. The largest absolute Gasteiger partial charge is 0.496 e. The highest BCUT2D eigenvalue weighted by Gasteiger charge is 2.07. The van der Waals surface area contributed by atoms with Crippen LogP contribution in [0.4, 0.5) is 0 Å². The third-order valence-electron chi connectivity index (χ3n) is 3.02. The molecule has 2 aromatic rings. The van der Waals surface area contributed by atoms with Crippen LogP contribution in [0.5, 0.6) is 5.75 Å². The number of carbonyl (C=O) groups excluding carboxylic acids is 1. The maximum absolute atomic E-state index is 12.1. The van der Waals surface area contributed by atoms with Gasteiger partial charge in [0, 0.05) is 12.2 Å². The van der Waals surface area contributed by atoms with Gasteiger partial charge < -0.3 is 4.74 Å². The molecule has 0 bridgehead atoms. The first-order valence-electron chi connectivity index (χ1n) is 6.61. The number of ketones is 1. The van der Waals surface area contributed by atoms with Crippen LogP contribution in [0.15, 0.2) is 41.1 Å². The minimum atomic E-state index is -0.0613. The number of rotatable bonds is 5. The van der Waals surface area contributed by atoms with Crippen LogP contribution in [0.25, 0.3) is 6.08 Å². The van der Waals surface area contributed by atoms with Crippen LogP contribution in [-0.4, -0.2) is 22.7 Å². The standard InChI is InChI=1S/C16H17BrN2O2/c1-11(2)19-10-13(9-18-19)15(20)6-4-12-5-7-16(21-3)14(17)8-12/h4-11H,1-3H3. The van der Waals surface area contributed by atoms with E-state index >= 15 is 0 Å². The summed E-state index contributed by atoms with van der Waals surface area (Å²) in [6.07, 6.45) is 6.69. The maximum atomic E-state index is 12.1. The Morgan fingerprint density at radius 2 is 2.19 bits per heavy atom. The maximum Gasteiger partial charge on any atom is 0.189 e. The van der Waals surface area contributed by atoms with Gasteiger partial charge in [-0.3, -0.25) is 9.48 Å². The molecule has 0 aliphatic heterocycles. The van der Waals surface area contributed by atoms with Crippen LogP contribution in [0.3, 0.4) is 0 Å². The van der Waals surface area contributed by atoms with Crippen LogP contribution in [0, 0.1) is 0 Å². The predicted octanol–water partition coefficient (Wildman–Crippen LogP) is 4.13. The van der Waals surface area contributed by atoms with Crippen LogP contribution < -0.4 is 4.74 Å². The molecule has 1 aromatic carbocycles. The number of aromatic nitrogens is 2. The van der Waals surface area contributed by atoms with E-state index in [2.05, 4.69) is 21.0 Å². The molecule has 0 saturated heterocycles. The number of methoxy groups -OCH3 is 1. The highest BCUT2D eigenvalue weighted by Crippen LogP contribution is 2.26. The smallest absolute Gasteiger partial charge is 0.189 e. The fourth-order valence-electron chi connectivity index (χ4n) is 1.80. The highest BCUT2D eigenvalue weighted by atomic mass is 79.9. The van der Waals surface area contributed by atoms with E-state index in [0.717, 1.165) is 15.8 Å². The molecule has 1 aromatic heterocycles. The minimum Gasteiger partial charge on any atom is -0.496 e. The Labute approximate surface area is 132 Å². The number of carbonyl (C=O) groups is 1. The van der Waals surface area contributed by atoms with Crippen molar-refractivity contribution in [2.45, 2.75) is 19.9 Å². The first-order valence-corrected chi connectivity index (χ1v) is 7.40. The third kappa shape index (κ3) is 3.82. The van der Waals surface area contributed by atoms with Gasteiger partial charge in [-0.2, -0.15) is 5.10 Å². The second-order valence-corrected chi connectivity index (χ2v) is 5.75. The van der Waals surface area contributed by atoms with Gasteiger partial charge in [0.1, 0.15) is 5.75 Å². The number of hydrogen-bond donors (Lipinski definition) is 0. The number of hydrogen-bond acceptors (Lipinski definition) is 3. The van der Waals surface area contributed by atoms with Crippen molar-refractivity contribution in [1.82, 2.24) is 9.78 Å². The van der Waals surface area contributed by atoms with Gasteiger partial charge in [-0.05, 0) is 53.5 Å². The van der Waals surface area contributed by atoms with E-state index in [1.807, 2.05) is 32.0 Å². The van der Waals surface area contributed by atoms with Gasteiger partial charge in [0.15, 0.2) is 5.78 Å². The molecule has 4 nitrogen and oxygen atoms in total. The van der Waals surface area contributed by atoms with Gasteiger partial charge in [0.05, 0.1) is 23.3 Å². The lowest BCUT2D eigenvalue weighted by atomic mass is 10.1. The summed E-state index contributed by atoms with van der Waals surface area (Å²) in [7, 11) is 1.62. The quantitative estimate of drug-likeness (QED) is 0.602. The van der Waals surface area contributed by atoms with Crippen molar-refractivity contribution in [3.05, 3.63) is 52.3 Å². The van der Waals surface area contributed by atoms with E-state index in [1.54, 1.807) is 36.3 Å². The summed E-state index contributed by atoms with van der Waals surface area (Å²) in [5, 5.41) is 4.17. The lowest BCUT2D eigenvalue weighted by Gasteiger charge is -2.03. The molecule has 0 radical (unpaired) electrons. The van der Waals surface area contributed by atoms with Gasteiger partial charge in [0.2, 0.25) is 0 Å². The lowest BCUT2D eigenvalue weighted by molar-refractivity contribution is 0.104. The fourth-order valence-corrected chi connectivity index (χ4v) is 2.36. The summed E-state index contributed by atoms with van der Waals surface area (Å²) in [5.41, 5.74) is 1.51. The molecule has 2 rings (SSSR count).